The molecule has 2 heterocycles. The van der Waals surface area contributed by atoms with E-state index in [0.29, 0.717) is 10.6 Å². The van der Waals surface area contributed by atoms with Crippen LogP contribution in [0.2, 0.25) is 0 Å². The molecule has 0 bridgehead atoms. The average molecular weight is 461 g/mol. The molecule has 3 aromatic rings. The topological polar surface area (TPSA) is 62.7 Å². The quantitative estimate of drug-likeness (QED) is 0.573. The smallest absolute Gasteiger partial charge is 0.387 e. The van der Waals surface area contributed by atoms with E-state index in [1.165, 1.54) is 40.5 Å². The Kier molecular flexibility index (Phi) is 6.40. The Bertz CT molecular complexity index is 1130. The molecule has 2 amide bonds. The van der Waals surface area contributed by atoms with Crippen LogP contribution in [0.25, 0.3) is 10.6 Å². The molecule has 166 valence electrons. The molecule has 0 atom stereocenters. The summed E-state index contributed by atoms with van der Waals surface area (Å²) in [5.41, 5.74) is 0.585. The molecule has 1 aromatic heterocycles. The van der Waals surface area contributed by atoms with Gasteiger partial charge in [-0.1, -0.05) is 24.3 Å². The number of hydrogen-bond acceptors (Lipinski definition) is 5. The van der Waals surface area contributed by atoms with Crippen LogP contribution in [0, 0.1) is 5.82 Å². The van der Waals surface area contributed by atoms with Crippen LogP contribution in [-0.2, 0) is 0 Å². The minimum Gasteiger partial charge on any atom is -0.434 e. The van der Waals surface area contributed by atoms with Gasteiger partial charge in [-0.2, -0.15) is 8.78 Å². The average Bonchev–Trinajstić information content (AvgIpc) is 3.28. The van der Waals surface area contributed by atoms with Crippen LogP contribution in [0.4, 0.5) is 13.2 Å². The normalized spacial score (nSPS) is 14.0. The van der Waals surface area contributed by atoms with Crippen molar-refractivity contribution in [3.63, 3.8) is 0 Å². The summed E-state index contributed by atoms with van der Waals surface area (Å²) in [6.07, 6.45) is 0. The first-order valence-corrected chi connectivity index (χ1v) is 10.6. The van der Waals surface area contributed by atoms with Gasteiger partial charge in [-0.05, 0) is 24.3 Å². The molecule has 2 aromatic carbocycles. The van der Waals surface area contributed by atoms with Crippen molar-refractivity contribution in [3.8, 4) is 16.3 Å². The van der Waals surface area contributed by atoms with Crippen LogP contribution >= 0.6 is 11.3 Å². The Hall–Kier alpha value is -3.40. The lowest BCUT2D eigenvalue weighted by atomic mass is 10.1. The van der Waals surface area contributed by atoms with E-state index in [9.17, 15) is 22.8 Å². The molecule has 32 heavy (non-hydrogen) atoms. The van der Waals surface area contributed by atoms with Gasteiger partial charge in [0.05, 0.1) is 5.56 Å². The van der Waals surface area contributed by atoms with E-state index in [-0.39, 0.29) is 49.1 Å². The molecule has 0 unspecified atom stereocenters. The highest BCUT2D eigenvalue weighted by atomic mass is 32.1. The van der Waals surface area contributed by atoms with E-state index < -0.39 is 18.3 Å². The monoisotopic (exact) mass is 461 g/mol. The van der Waals surface area contributed by atoms with Crippen molar-refractivity contribution < 1.29 is 27.5 Å². The maximum atomic E-state index is 14.0. The van der Waals surface area contributed by atoms with E-state index in [1.54, 1.807) is 34.5 Å². The molecule has 6 nitrogen and oxygen atoms in total. The van der Waals surface area contributed by atoms with Gasteiger partial charge >= 0.3 is 6.61 Å². The predicted molar refractivity (Wildman–Crippen MR) is 112 cm³/mol. The van der Waals surface area contributed by atoms with Gasteiger partial charge in [0.25, 0.3) is 11.8 Å². The number of rotatable bonds is 5. The maximum absolute atomic E-state index is 14.0. The van der Waals surface area contributed by atoms with Gasteiger partial charge in [-0.15, -0.1) is 11.3 Å². The number of nitrogens with zero attached hydrogens (tertiary/aromatic N) is 3. The molecule has 1 aliphatic rings. The minimum absolute atomic E-state index is 0.0432. The van der Waals surface area contributed by atoms with Crippen molar-refractivity contribution in [2.75, 3.05) is 26.2 Å². The minimum atomic E-state index is -3.04. The maximum Gasteiger partial charge on any atom is 0.387 e. The first-order valence-electron chi connectivity index (χ1n) is 9.77. The summed E-state index contributed by atoms with van der Waals surface area (Å²) in [6, 6.07) is 12.0. The first kappa shape index (κ1) is 21.8. The van der Waals surface area contributed by atoms with Gasteiger partial charge in [-0.25, -0.2) is 9.37 Å². The third-order valence-electron chi connectivity index (χ3n) is 5.02. The second-order valence-corrected chi connectivity index (χ2v) is 7.83. The summed E-state index contributed by atoms with van der Waals surface area (Å²) in [7, 11) is 0. The Morgan fingerprint density at radius 1 is 0.938 bits per heavy atom. The number of hydrogen-bond donors (Lipinski definition) is 0. The summed E-state index contributed by atoms with van der Waals surface area (Å²) in [5, 5.41) is 2.00. The number of carbonyl (C=O) groups excluding carboxylic acids is 2. The van der Waals surface area contributed by atoms with Gasteiger partial charge < -0.3 is 14.5 Å². The number of para-hydroxylation sites is 1. The summed E-state index contributed by atoms with van der Waals surface area (Å²) in [6.45, 7) is -2.05. The van der Waals surface area contributed by atoms with Crippen molar-refractivity contribution in [2.24, 2.45) is 0 Å². The lowest BCUT2D eigenvalue weighted by molar-refractivity contribution is -0.0503. The Balaban J connectivity index is 1.41. The van der Waals surface area contributed by atoms with Crippen LogP contribution in [0.3, 0.4) is 0 Å². The zero-order valence-corrected chi connectivity index (χ0v) is 17.5. The number of halogens is 3. The molecule has 0 saturated carbocycles. The van der Waals surface area contributed by atoms with Crippen molar-refractivity contribution in [2.45, 2.75) is 6.61 Å². The van der Waals surface area contributed by atoms with Crippen LogP contribution in [0.5, 0.6) is 5.75 Å². The third kappa shape index (κ3) is 4.59. The highest BCUT2D eigenvalue weighted by Crippen LogP contribution is 2.27. The molecule has 4 rings (SSSR count). The van der Waals surface area contributed by atoms with Gasteiger partial charge in [0.1, 0.15) is 22.3 Å². The number of amides is 2. The molecule has 0 spiro atoms. The SMILES string of the molecule is O=C(c1csc(-c2ccccc2F)n1)N1CCN(C(=O)c2ccccc2OC(F)F)CC1. The number of alkyl halides is 2. The molecule has 1 aliphatic heterocycles. The number of carbonyl (C=O) groups is 2. The molecular weight excluding hydrogens is 443 g/mol. The van der Waals surface area contributed by atoms with E-state index in [2.05, 4.69) is 9.72 Å². The highest BCUT2D eigenvalue weighted by Gasteiger charge is 2.28. The fraction of sp³-hybridized carbons (Fsp3) is 0.227. The van der Waals surface area contributed by atoms with Gasteiger partial charge in [0.2, 0.25) is 0 Å². The van der Waals surface area contributed by atoms with Crippen molar-refractivity contribution >= 4 is 23.2 Å². The molecule has 0 aliphatic carbocycles. The number of benzene rings is 2. The van der Waals surface area contributed by atoms with Crippen molar-refractivity contribution in [3.05, 3.63) is 71.0 Å². The van der Waals surface area contributed by atoms with Crippen LogP contribution < -0.4 is 4.74 Å². The van der Waals surface area contributed by atoms with Crippen molar-refractivity contribution in [1.29, 1.82) is 0 Å². The first-order chi connectivity index (χ1) is 15.4. The van der Waals surface area contributed by atoms with Crippen LogP contribution in [0.15, 0.2) is 53.9 Å². The molecular formula is C22H18F3N3O3S. The summed E-state index contributed by atoms with van der Waals surface area (Å²) >= 11 is 1.18. The summed E-state index contributed by atoms with van der Waals surface area (Å²) < 4.78 is 43.7. The molecule has 10 heteroatoms. The third-order valence-corrected chi connectivity index (χ3v) is 5.89. The Labute approximate surface area is 185 Å². The molecule has 0 N–H and O–H groups in total. The summed E-state index contributed by atoms with van der Waals surface area (Å²) in [5.74, 6) is -1.35. The van der Waals surface area contributed by atoms with E-state index >= 15 is 0 Å². The number of piperazine rings is 1. The molecule has 1 saturated heterocycles. The van der Waals surface area contributed by atoms with E-state index in [0.717, 1.165) is 0 Å². The largest absolute Gasteiger partial charge is 0.434 e. The standard InChI is InChI=1S/C22H18F3N3O3S/c23-16-7-3-1-5-14(16)19-26-17(13-32-19)21(30)28-11-9-27(10-12-28)20(29)15-6-2-4-8-18(15)31-22(24)25/h1-8,13,22H,9-12H2. The number of ether oxygens (including phenoxy) is 1. The molecule has 1 fully saturated rings. The number of thiazole rings is 1. The molecule has 0 radical (unpaired) electrons. The fourth-order valence-electron chi connectivity index (χ4n) is 3.42. The Morgan fingerprint density at radius 3 is 2.25 bits per heavy atom. The fourth-order valence-corrected chi connectivity index (χ4v) is 4.24. The zero-order chi connectivity index (χ0) is 22.7. The van der Waals surface area contributed by atoms with Gasteiger partial charge in [0, 0.05) is 37.1 Å². The van der Waals surface area contributed by atoms with E-state index in [1.807, 2.05) is 0 Å². The second kappa shape index (κ2) is 9.39. The van der Waals surface area contributed by atoms with Crippen LogP contribution in [-0.4, -0.2) is 59.4 Å². The predicted octanol–water partition coefficient (Wildman–Crippen LogP) is 4.15. The summed E-state index contributed by atoms with van der Waals surface area (Å²) in [4.78, 5) is 32.9. The lowest BCUT2D eigenvalue weighted by Gasteiger charge is -2.34. The van der Waals surface area contributed by atoms with Crippen LogP contribution in [0.1, 0.15) is 20.8 Å². The lowest BCUT2D eigenvalue weighted by Crippen LogP contribution is -2.50. The van der Waals surface area contributed by atoms with E-state index in [4.69, 9.17) is 0 Å². The van der Waals surface area contributed by atoms with Gasteiger partial charge in [-0.3, -0.25) is 9.59 Å². The zero-order valence-electron chi connectivity index (χ0n) is 16.7. The second-order valence-electron chi connectivity index (χ2n) is 6.98. The van der Waals surface area contributed by atoms with Crippen molar-refractivity contribution in [1.82, 2.24) is 14.8 Å². The number of aromatic nitrogens is 1. The highest BCUT2D eigenvalue weighted by molar-refractivity contribution is 7.13. The van der Waals surface area contributed by atoms with Gasteiger partial charge in [0.15, 0.2) is 0 Å². The Morgan fingerprint density at radius 2 is 1.56 bits per heavy atom.